The first-order valence-corrected chi connectivity index (χ1v) is 10.7. The molecular weight excluding hydrogens is 386 g/mol. The molecule has 0 N–H and O–H groups in total. The fraction of sp³-hybridized carbons (Fsp3) is 0.0323. The highest BCUT2D eigenvalue weighted by molar-refractivity contribution is 5.73. The lowest BCUT2D eigenvalue weighted by Crippen LogP contribution is -2.19. The zero-order chi connectivity index (χ0) is 22.8. The van der Waals surface area contributed by atoms with E-state index >= 15 is 0 Å². The Kier molecular flexibility index (Phi) is 8.00. The molecule has 0 bridgehead atoms. The molecule has 0 atom stereocenters. The number of hydrogen-bond donors (Lipinski definition) is 0. The van der Waals surface area contributed by atoms with Gasteiger partial charge in [0.2, 0.25) is 0 Å². The molecular formula is C31H29N. The molecule has 0 aliphatic carbocycles. The third-order valence-corrected chi connectivity index (χ3v) is 5.09. The number of allylic oxidation sites excluding steroid dienone is 7. The largest absolute Gasteiger partial charge is 0.311 e. The van der Waals surface area contributed by atoms with Crippen molar-refractivity contribution >= 4 is 5.69 Å². The fourth-order valence-electron chi connectivity index (χ4n) is 3.59. The molecule has 0 heterocycles. The molecule has 1 heteroatoms. The van der Waals surface area contributed by atoms with E-state index in [0.717, 1.165) is 17.1 Å². The second-order valence-electron chi connectivity index (χ2n) is 7.18. The summed E-state index contributed by atoms with van der Waals surface area (Å²) < 4.78 is 0. The summed E-state index contributed by atoms with van der Waals surface area (Å²) in [7, 11) is 0. The fourth-order valence-corrected chi connectivity index (χ4v) is 3.59. The van der Waals surface area contributed by atoms with Gasteiger partial charge >= 0.3 is 0 Å². The third-order valence-electron chi connectivity index (χ3n) is 5.09. The Balaban J connectivity index is 1.96. The van der Waals surface area contributed by atoms with E-state index in [0.29, 0.717) is 0 Å². The van der Waals surface area contributed by atoms with Gasteiger partial charge in [-0.05, 0) is 65.6 Å². The van der Waals surface area contributed by atoms with Gasteiger partial charge in [-0.1, -0.05) is 105 Å². The summed E-state index contributed by atoms with van der Waals surface area (Å²) >= 11 is 0. The van der Waals surface area contributed by atoms with Crippen molar-refractivity contribution in [3.63, 3.8) is 0 Å². The van der Waals surface area contributed by atoms with Gasteiger partial charge in [-0.15, -0.1) is 0 Å². The van der Waals surface area contributed by atoms with Crippen LogP contribution in [-0.4, -0.2) is 0 Å². The first-order chi connectivity index (χ1) is 15.7. The molecule has 0 saturated carbocycles. The van der Waals surface area contributed by atoms with E-state index in [1.807, 2.05) is 37.3 Å². The van der Waals surface area contributed by atoms with Gasteiger partial charge in [-0.3, -0.25) is 0 Å². The van der Waals surface area contributed by atoms with Gasteiger partial charge in [-0.2, -0.15) is 0 Å². The molecule has 3 aromatic rings. The monoisotopic (exact) mass is 415 g/mol. The average molecular weight is 416 g/mol. The van der Waals surface area contributed by atoms with Crippen molar-refractivity contribution in [2.24, 2.45) is 0 Å². The Morgan fingerprint density at radius 1 is 0.625 bits per heavy atom. The predicted molar refractivity (Wildman–Crippen MR) is 141 cm³/mol. The van der Waals surface area contributed by atoms with Crippen LogP contribution in [0.5, 0.6) is 0 Å². The second kappa shape index (κ2) is 11.3. The van der Waals surface area contributed by atoms with E-state index in [1.54, 1.807) is 12.2 Å². The number of benzene rings is 3. The molecule has 3 rings (SSSR count). The topological polar surface area (TPSA) is 3.24 Å². The molecule has 158 valence electrons. The van der Waals surface area contributed by atoms with Crippen LogP contribution >= 0.6 is 0 Å². The predicted octanol–water partition coefficient (Wildman–Crippen LogP) is 8.73. The summed E-state index contributed by atoms with van der Waals surface area (Å²) in [5, 5.41) is 0. The highest BCUT2D eigenvalue weighted by atomic mass is 15.1. The van der Waals surface area contributed by atoms with Crippen LogP contribution < -0.4 is 4.90 Å². The van der Waals surface area contributed by atoms with Gasteiger partial charge < -0.3 is 4.90 Å². The van der Waals surface area contributed by atoms with Crippen LogP contribution in [0.1, 0.15) is 6.92 Å². The molecule has 3 aromatic carbocycles. The Bertz CT molecular complexity index is 1140. The summed E-state index contributed by atoms with van der Waals surface area (Å²) in [5.74, 6) is 0. The zero-order valence-corrected chi connectivity index (χ0v) is 18.6. The molecule has 1 nitrogen and oxygen atoms in total. The molecule has 0 fully saturated rings. The van der Waals surface area contributed by atoms with Crippen LogP contribution in [0.15, 0.2) is 153 Å². The first-order valence-electron chi connectivity index (χ1n) is 10.7. The summed E-state index contributed by atoms with van der Waals surface area (Å²) in [6.45, 7) is 13.7. The molecule has 0 aromatic heterocycles. The van der Waals surface area contributed by atoms with Crippen LogP contribution in [0.4, 0.5) is 5.69 Å². The van der Waals surface area contributed by atoms with Crippen molar-refractivity contribution in [1.82, 2.24) is 0 Å². The van der Waals surface area contributed by atoms with Crippen molar-refractivity contribution in [2.45, 2.75) is 6.92 Å². The van der Waals surface area contributed by atoms with Crippen molar-refractivity contribution in [3.8, 4) is 22.3 Å². The van der Waals surface area contributed by atoms with Crippen LogP contribution in [0.3, 0.4) is 0 Å². The average Bonchev–Trinajstić information content (AvgIpc) is 2.85. The SMILES string of the molecule is C=C/C=C(\C=C)N(C(/C=C\C)=C/C=C)c1ccc(-c2ccc(-c3ccccc3)cc2)cc1. The molecule has 0 saturated heterocycles. The minimum atomic E-state index is 0.936. The maximum absolute atomic E-state index is 3.99. The normalized spacial score (nSPS) is 11.9. The van der Waals surface area contributed by atoms with E-state index in [9.17, 15) is 0 Å². The minimum Gasteiger partial charge on any atom is -0.311 e. The summed E-state index contributed by atoms with van der Waals surface area (Å²) in [6, 6.07) is 27.7. The maximum atomic E-state index is 3.99. The highest BCUT2D eigenvalue weighted by Crippen LogP contribution is 2.30. The van der Waals surface area contributed by atoms with E-state index in [4.69, 9.17) is 0 Å². The van der Waals surface area contributed by atoms with Gasteiger partial charge in [0.15, 0.2) is 0 Å². The van der Waals surface area contributed by atoms with Crippen LogP contribution in [-0.2, 0) is 0 Å². The Labute approximate surface area is 192 Å². The van der Waals surface area contributed by atoms with Crippen molar-refractivity contribution in [1.29, 1.82) is 0 Å². The van der Waals surface area contributed by atoms with E-state index in [-0.39, 0.29) is 0 Å². The molecule has 0 unspecified atom stereocenters. The molecule has 0 aliphatic rings. The van der Waals surface area contributed by atoms with Gasteiger partial charge in [0, 0.05) is 17.1 Å². The van der Waals surface area contributed by atoms with Crippen molar-refractivity contribution in [2.75, 3.05) is 4.90 Å². The van der Waals surface area contributed by atoms with Crippen LogP contribution in [0.2, 0.25) is 0 Å². The molecule has 32 heavy (non-hydrogen) atoms. The Morgan fingerprint density at radius 2 is 1.09 bits per heavy atom. The smallest absolute Gasteiger partial charge is 0.0462 e. The lowest BCUT2D eigenvalue weighted by molar-refractivity contribution is 1.14. The third kappa shape index (κ3) is 5.33. The zero-order valence-electron chi connectivity index (χ0n) is 18.6. The summed E-state index contributed by atoms with van der Waals surface area (Å²) in [4.78, 5) is 2.14. The molecule has 0 aliphatic heterocycles. The number of rotatable bonds is 9. The Hall–Kier alpha value is -4.10. The minimum absolute atomic E-state index is 0.936. The quantitative estimate of drug-likeness (QED) is 0.316. The van der Waals surface area contributed by atoms with Crippen LogP contribution in [0.25, 0.3) is 22.3 Å². The Morgan fingerprint density at radius 3 is 1.56 bits per heavy atom. The summed E-state index contributed by atoms with van der Waals surface area (Å²) in [5.41, 5.74) is 7.76. The maximum Gasteiger partial charge on any atom is 0.0462 e. The van der Waals surface area contributed by atoms with E-state index < -0.39 is 0 Å². The molecule has 0 spiro atoms. The van der Waals surface area contributed by atoms with Gasteiger partial charge in [0.1, 0.15) is 0 Å². The van der Waals surface area contributed by atoms with Crippen molar-refractivity contribution in [3.05, 3.63) is 153 Å². The highest BCUT2D eigenvalue weighted by Gasteiger charge is 2.13. The number of anilines is 1. The van der Waals surface area contributed by atoms with Crippen molar-refractivity contribution < 1.29 is 0 Å². The second-order valence-corrected chi connectivity index (χ2v) is 7.18. The van der Waals surface area contributed by atoms with Gasteiger partial charge in [0.25, 0.3) is 0 Å². The van der Waals surface area contributed by atoms with E-state index in [2.05, 4.69) is 104 Å². The van der Waals surface area contributed by atoms with E-state index in [1.165, 1.54) is 22.3 Å². The standard InChI is InChI=1S/C31H29N/c1-5-12-29(8-4)32(30(13-6-2)14-7-3)31-23-21-28(22-24-31)27-19-17-26(18-20-27)25-15-10-9-11-16-25/h5-24H,1-2,4H2,3H3/b14-7-,29-12+,30-13+. The molecule has 0 radical (unpaired) electrons. The molecule has 0 amide bonds. The number of hydrogen-bond acceptors (Lipinski definition) is 1. The van der Waals surface area contributed by atoms with Gasteiger partial charge in [-0.25, -0.2) is 0 Å². The lowest BCUT2D eigenvalue weighted by Gasteiger charge is -2.27. The lowest BCUT2D eigenvalue weighted by atomic mass is 10.00. The summed E-state index contributed by atoms with van der Waals surface area (Å²) in [6.07, 6.45) is 13.4. The number of nitrogens with zero attached hydrogens (tertiary/aromatic N) is 1. The van der Waals surface area contributed by atoms with Crippen LogP contribution in [0, 0.1) is 0 Å². The first kappa shape index (κ1) is 22.6. The van der Waals surface area contributed by atoms with Gasteiger partial charge in [0.05, 0.1) is 0 Å².